The molecule has 10 aromatic carbocycles. The number of hydrogen-bond acceptors (Lipinski definition) is 0. The van der Waals surface area contributed by atoms with Crippen LogP contribution in [0, 0.1) is 23.7 Å². The molecule has 9 aliphatic rings. The van der Waals surface area contributed by atoms with Crippen molar-refractivity contribution >= 4 is 55.8 Å². The van der Waals surface area contributed by atoms with Crippen molar-refractivity contribution in [3.05, 3.63) is 288 Å². The number of aryl methyl sites for hydroxylation is 2. The molecule has 9 aliphatic carbocycles. The van der Waals surface area contributed by atoms with Crippen LogP contribution in [0.4, 0.5) is 0 Å². The van der Waals surface area contributed by atoms with Gasteiger partial charge in [0.2, 0.25) is 0 Å². The maximum atomic E-state index is 3.99. The highest BCUT2D eigenvalue weighted by atomic mass is 15.0. The van der Waals surface area contributed by atoms with Crippen LogP contribution in [-0.2, 0) is 34.5 Å². The van der Waals surface area contributed by atoms with Gasteiger partial charge in [0.05, 0.1) is 22.1 Å². The third-order valence-corrected chi connectivity index (χ3v) is 23.8. The largest absolute Gasteiger partial charge is 0.309 e. The average molecular weight is 1140 g/mol. The third-order valence-electron chi connectivity index (χ3n) is 23.8. The maximum absolute atomic E-state index is 3.99. The standard InChI is InChI=1S/C50H43N.C36H33N/c1-2-33-7-18-42(19-8-33)49-28-34-25-35(29-49)31-50(30-34,32-49)43-20-13-37(14-21-43)41-17-24-48-46(27-41)45-5-3-4-6-47(45)51(48)44-22-15-38(16-23-44)40-12-10-36-9-11-39(36)26-40;1-2-25-11-13-28(14-12-25)35-20-26-19-27(21-35)23-36(22-26,24-35)29-15-17-30(18-16-29)37-33-9-5-3-7-31(33)32-8-4-6-10-34(32)37/h2-8,10,12-24,26-27,34-35H,1,9,11,25,28-32H2;2-18,26-27H,1,19-24H2. The minimum absolute atomic E-state index is 0.299. The van der Waals surface area contributed by atoms with Crippen LogP contribution in [0.3, 0.4) is 0 Å². The Labute approximate surface area is 518 Å². The fourth-order valence-electron chi connectivity index (χ4n) is 20.6. The van der Waals surface area contributed by atoms with Crippen molar-refractivity contribution in [1.82, 2.24) is 9.13 Å². The van der Waals surface area contributed by atoms with Gasteiger partial charge in [-0.05, 0) is 257 Å². The van der Waals surface area contributed by atoms with Crippen molar-refractivity contribution in [2.45, 2.75) is 112 Å². The Morgan fingerprint density at radius 1 is 0.307 bits per heavy atom. The molecule has 0 saturated heterocycles. The molecule has 8 fully saturated rings. The van der Waals surface area contributed by atoms with Crippen LogP contribution >= 0.6 is 0 Å². The lowest BCUT2D eigenvalue weighted by molar-refractivity contribution is -0.0283. The summed E-state index contributed by atoms with van der Waals surface area (Å²) in [7, 11) is 0. The molecule has 0 N–H and O–H groups in total. The van der Waals surface area contributed by atoms with E-state index in [0.717, 1.165) is 23.7 Å². The van der Waals surface area contributed by atoms with Gasteiger partial charge in [-0.2, -0.15) is 0 Å². The van der Waals surface area contributed by atoms with Gasteiger partial charge < -0.3 is 9.13 Å². The normalized spacial score (nSPS) is 26.0. The fourth-order valence-corrected chi connectivity index (χ4v) is 20.6. The number of benzene rings is 10. The van der Waals surface area contributed by atoms with E-state index in [0.29, 0.717) is 21.7 Å². The molecule has 2 nitrogen and oxygen atoms in total. The van der Waals surface area contributed by atoms with Gasteiger partial charge in [-0.1, -0.05) is 201 Å². The van der Waals surface area contributed by atoms with Crippen molar-refractivity contribution < 1.29 is 0 Å². The molecule has 2 aromatic heterocycles. The summed E-state index contributed by atoms with van der Waals surface area (Å²) in [4.78, 5) is 0. The summed E-state index contributed by atoms with van der Waals surface area (Å²) in [5.74, 6) is 3.40. The summed E-state index contributed by atoms with van der Waals surface area (Å²) in [6.07, 6.45) is 22.7. The quantitative estimate of drug-likeness (QED) is 0.129. The van der Waals surface area contributed by atoms with Crippen LogP contribution in [0.15, 0.2) is 244 Å². The molecule has 4 atom stereocenters. The number of rotatable bonds is 10. The van der Waals surface area contributed by atoms with Gasteiger partial charge in [-0.25, -0.2) is 0 Å². The zero-order chi connectivity index (χ0) is 58.3. The lowest BCUT2D eigenvalue weighted by atomic mass is 9.41. The Balaban J connectivity index is 0.000000139. The monoisotopic (exact) mass is 1140 g/mol. The summed E-state index contributed by atoms with van der Waals surface area (Å²) >= 11 is 0. The number of para-hydroxylation sites is 3. The van der Waals surface area contributed by atoms with Gasteiger partial charge in [0, 0.05) is 32.9 Å². The first kappa shape index (κ1) is 52.4. The molecule has 0 amide bonds. The first-order chi connectivity index (χ1) is 43.2. The predicted octanol–water partition coefficient (Wildman–Crippen LogP) is 21.9. The van der Waals surface area contributed by atoms with Crippen LogP contribution in [0.5, 0.6) is 0 Å². The molecule has 8 saturated carbocycles. The lowest BCUT2D eigenvalue weighted by Crippen LogP contribution is -2.55. The minimum Gasteiger partial charge on any atom is -0.309 e. The van der Waals surface area contributed by atoms with Gasteiger partial charge in [0.1, 0.15) is 0 Å². The number of aromatic nitrogens is 2. The number of hydrogen-bond donors (Lipinski definition) is 0. The summed E-state index contributed by atoms with van der Waals surface area (Å²) in [6, 6.07) is 88.0. The molecular formula is C86H76N2. The molecule has 4 unspecified atom stereocenters. The summed E-state index contributed by atoms with van der Waals surface area (Å²) in [6.45, 7) is 7.95. The predicted molar refractivity (Wildman–Crippen MR) is 369 cm³/mol. The molecule has 430 valence electrons. The van der Waals surface area contributed by atoms with Crippen molar-refractivity contribution in [1.29, 1.82) is 0 Å². The van der Waals surface area contributed by atoms with Crippen molar-refractivity contribution in [3.8, 4) is 33.6 Å². The van der Waals surface area contributed by atoms with Crippen LogP contribution in [0.2, 0.25) is 0 Å². The topological polar surface area (TPSA) is 9.86 Å². The van der Waals surface area contributed by atoms with Crippen LogP contribution < -0.4 is 0 Å². The Morgan fingerprint density at radius 2 is 0.636 bits per heavy atom. The zero-order valence-corrected chi connectivity index (χ0v) is 50.6. The van der Waals surface area contributed by atoms with Gasteiger partial charge in [-0.15, -0.1) is 0 Å². The second-order valence-corrected chi connectivity index (χ2v) is 28.8. The van der Waals surface area contributed by atoms with Gasteiger partial charge in [-0.3, -0.25) is 0 Å². The van der Waals surface area contributed by atoms with E-state index in [1.807, 2.05) is 12.2 Å². The summed E-state index contributed by atoms with van der Waals surface area (Å²) < 4.78 is 4.88. The lowest BCUT2D eigenvalue weighted by Gasteiger charge is -2.63. The third kappa shape index (κ3) is 8.26. The number of fused-ring (bicyclic) bond motifs is 7. The smallest absolute Gasteiger partial charge is 0.0541 e. The second-order valence-electron chi connectivity index (χ2n) is 28.8. The minimum atomic E-state index is 0.299. The highest BCUT2D eigenvalue weighted by molar-refractivity contribution is 6.11. The van der Waals surface area contributed by atoms with Gasteiger partial charge in [0.15, 0.2) is 0 Å². The first-order valence-electron chi connectivity index (χ1n) is 33.1. The Bertz CT molecular complexity index is 4660. The molecule has 0 radical (unpaired) electrons. The molecule has 0 aliphatic heterocycles. The number of nitrogens with zero attached hydrogens (tertiary/aromatic N) is 2. The molecular weight excluding hydrogens is 1060 g/mol. The van der Waals surface area contributed by atoms with Crippen LogP contribution in [-0.4, -0.2) is 9.13 Å². The van der Waals surface area contributed by atoms with Crippen LogP contribution in [0.1, 0.15) is 122 Å². The van der Waals surface area contributed by atoms with Gasteiger partial charge in [0.25, 0.3) is 0 Å². The Morgan fingerprint density at radius 3 is 1.05 bits per heavy atom. The van der Waals surface area contributed by atoms with E-state index in [9.17, 15) is 0 Å². The first-order valence-corrected chi connectivity index (χ1v) is 33.1. The van der Waals surface area contributed by atoms with E-state index in [-0.39, 0.29) is 0 Å². The maximum Gasteiger partial charge on any atom is 0.0541 e. The van der Waals surface area contributed by atoms with Crippen molar-refractivity contribution in [2.24, 2.45) is 23.7 Å². The molecule has 8 bridgehead atoms. The van der Waals surface area contributed by atoms with E-state index >= 15 is 0 Å². The van der Waals surface area contributed by atoms with Gasteiger partial charge >= 0.3 is 0 Å². The highest BCUT2D eigenvalue weighted by Gasteiger charge is 2.60. The SMILES string of the molecule is C=Cc1ccc(C23CC4CC(C2)CC(c2ccc(-c5ccc6c(c5)c5ccccc5n6-c5ccc(-c6ccc7c(c6)CC7)cc5)cc2)(C4)C3)cc1.C=Cc1ccc(C23CC4CC(C2)CC(c2ccc(-n5c6ccccc6c6ccccc65)cc2)(C4)C3)cc1. The summed E-state index contributed by atoms with van der Waals surface area (Å²) in [5, 5.41) is 5.27. The van der Waals surface area contributed by atoms with E-state index in [2.05, 4.69) is 253 Å². The van der Waals surface area contributed by atoms with E-state index < -0.39 is 0 Å². The fraction of sp³-hybridized carbons (Fsp3) is 0.256. The van der Waals surface area contributed by atoms with E-state index in [1.165, 1.54) is 189 Å². The average Bonchev–Trinajstić information content (AvgIpc) is 1.09. The molecule has 88 heavy (non-hydrogen) atoms. The summed E-state index contributed by atoms with van der Waals surface area (Å²) in [5.41, 5.74) is 25.8. The second kappa shape index (κ2) is 19.9. The van der Waals surface area contributed by atoms with Crippen molar-refractivity contribution in [3.63, 3.8) is 0 Å². The van der Waals surface area contributed by atoms with E-state index in [1.54, 1.807) is 22.3 Å². The molecule has 21 rings (SSSR count). The zero-order valence-electron chi connectivity index (χ0n) is 50.6. The van der Waals surface area contributed by atoms with Crippen LogP contribution in [0.25, 0.3) is 89.4 Å². The van der Waals surface area contributed by atoms with E-state index in [4.69, 9.17) is 0 Å². The molecule has 0 spiro atoms. The molecule has 12 aromatic rings. The van der Waals surface area contributed by atoms with Crippen molar-refractivity contribution in [2.75, 3.05) is 0 Å². The molecule has 2 heterocycles. The molecule has 2 heteroatoms. The Hall–Kier alpha value is -8.72. The highest BCUT2D eigenvalue weighted by Crippen LogP contribution is 2.68. The Kier molecular flexibility index (Phi) is 11.9.